The van der Waals surface area contributed by atoms with Crippen molar-refractivity contribution in [3.05, 3.63) is 75.9 Å². The Morgan fingerprint density at radius 3 is 2.39 bits per heavy atom. The molecular formula is C18H15N3OS. The van der Waals surface area contributed by atoms with Crippen molar-refractivity contribution in [2.24, 2.45) is 0 Å². The lowest BCUT2D eigenvalue weighted by Crippen LogP contribution is -2.27. The third-order valence-electron chi connectivity index (χ3n) is 4.01. The lowest BCUT2D eigenvalue weighted by atomic mass is 10.1. The number of aryl methyl sites for hydroxylation is 2. The fraction of sp³-hybridized carbons (Fsp3) is 0.111. The van der Waals surface area contributed by atoms with Crippen molar-refractivity contribution in [2.75, 3.05) is 0 Å². The molecule has 3 aromatic heterocycles. The molecular weight excluding hydrogens is 306 g/mol. The zero-order chi connectivity index (χ0) is 16.0. The van der Waals surface area contributed by atoms with E-state index in [1.807, 2.05) is 66.4 Å². The van der Waals surface area contributed by atoms with Crippen molar-refractivity contribution >= 4 is 21.6 Å². The predicted molar refractivity (Wildman–Crippen MR) is 94.0 cm³/mol. The molecule has 0 bridgehead atoms. The van der Waals surface area contributed by atoms with Gasteiger partial charge in [0.25, 0.3) is 5.56 Å². The zero-order valence-corrected chi connectivity index (χ0v) is 13.7. The van der Waals surface area contributed by atoms with Gasteiger partial charge in [-0.15, -0.1) is 11.3 Å². The number of rotatable bonds is 2. The van der Waals surface area contributed by atoms with E-state index in [9.17, 15) is 4.79 Å². The van der Waals surface area contributed by atoms with Crippen molar-refractivity contribution in [3.63, 3.8) is 0 Å². The predicted octanol–water partition coefficient (Wildman–Crippen LogP) is 3.85. The van der Waals surface area contributed by atoms with Crippen LogP contribution in [0.15, 0.2) is 59.0 Å². The van der Waals surface area contributed by atoms with Gasteiger partial charge in [0, 0.05) is 22.3 Å². The highest BCUT2D eigenvalue weighted by atomic mass is 32.1. The highest BCUT2D eigenvalue weighted by Crippen LogP contribution is 2.30. The minimum atomic E-state index is -0.0440. The van der Waals surface area contributed by atoms with Gasteiger partial charge in [-0.1, -0.05) is 30.3 Å². The maximum atomic E-state index is 13.1. The lowest BCUT2D eigenvalue weighted by molar-refractivity contribution is 0.594. The molecule has 0 saturated heterocycles. The highest BCUT2D eigenvalue weighted by molar-refractivity contribution is 7.17. The van der Waals surface area contributed by atoms with Gasteiger partial charge in [0.05, 0.1) is 5.39 Å². The summed E-state index contributed by atoms with van der Waals surface area (Å²) in [6.07, 6.45) is 1.61. The average Bonchev–Trinajstić information content (AvgIpc) is 3.14. The van der Waals surface area contributed by atoms with Crippen LogP contribution in [0.25, 0.3) is 21.3 Å². The first-order chi connectivity index (χ1) is 11.2. The summed E-state index contributed by atoms with van der Waals surface area (Å²) in [6, 6.07) is 14.0. The second-order valence-electron chi connectivity index (χ2n) is 5.52. The summed E-state index contributed by atoms with van der Waals surface area (Å²) in [4.78, 5) is 18.4. The third kappa shape index (κ3) is 2.12. The molecule has 4 aromatic rings. The molecule has 1 aromatic carbocycles. The smallest absolute Gasteiger partial charge is 0.267 e. The SMILES string of the molecule is Cc1ccc(C)n1-n1cnc2scc(-c3ccccc3)c2c1=O. The number of hydrogen-bond donors (Lipinski definition) is 0. The van der Waals surface area contributed by atoms with Crippen molar-refractivity contribution < 1.29 is 0 Å². The number of benzene rings is 1. The third-order valence-corrected chi connectivity index (χ3v) is 4.90. The summed E-state index contributed by atoms with van der Waals surface area (Å²) in [5.41, 5.74) is 3.94. The molecule has 0 aliphatic heterocycles. The lowest BCUT2D eigenvalue weighted by Gasteiger charge is -2.12. The summed E-state index contributed by atoms with van der Waals surface area (Å²) < 4.78 is 3.48. The van der Waals surface area contributed by atoms with Crippen LogP contribution in [0, 0.1) is 13.8 Å². The quantitative estimate of drug-likeness (QED) is 0.562. The van der Waals surface area contributed by atoms with Gasteiger partial charge in [-0.3, -0.25) is 9.47 Å². The molecule has 0 amide bonds. The maximum absolute atomic E-state index is 13.1. The van der Waals surface area contributed by atoms with Gasteiger partial charge in [-0.2, -0.15) is 0 Å². The summed E-state index contributed by atoms with van der Waals surface area (Å²) >= 11 is 1.50. The summed E-state index contributed by atoms with van der Waals surface area (Å²) in [7, 11) is 0. The maximum Gasteiger partial charge on any atom is 0.282 e. The fourth-order valence-electron chi connectivity index (χ4n) is 2.90. The standard InChI is InChI=1S/C18H15N3OS/c1-12-8-9-13(2)21(12)20-11-19-17-16(18(20)22)15(10-23-17)14-6-4-3-5-7-14/h3-11H,1-2H3. The van der Waals surface area contributed by atoms with Crippen molar-refractivity contribution in [3.8, 4) is 11.1 Å². The second kappa shape index (κ2) is 5.21. The Bertz CT molecular complexity index is 1040. The summed E-state index contributed by atoms with van der Waals surface area (Å²) in [5.74, 6) is 0. The Hall–Kier alpha value is -2.66. The molecule has 4 nitrogen and oxygen atoms in total. The molecule has 0 atom stereocenters. The van der Waals surface area contributed by atoms with Crippen LogP contribution in [0.2, 0.25) is 0 Å². The van der Waals surface area contributed by atoms with E-state index in [-0.39, 0.29) is 5.56 Å². The Balaban J connectivity index is 2.04. The summed E-state index contributed by atoms with van der Waals surface area (Å²) in [5, 5.41) is 2.69. The van der Waals surface area contributed by atoms with E-state index in [2.05, 4.69) is 4.98 Å². The molecule has 0 N–H and O–H groups in total. The van der Waals surface area contributed by atoms with Gasteiger partial charge in [0.15, 0.2) is 0 Å². The average molecular weight is 321 g/mol. The molecule has 5 heteroatoms. The van der Waals surface area contributed by atoms with Gasteiger partial charge in [-0.05, 0) is 31.5 Å². The van der Waals surface area contributed by atoms with Crippen molar-refractivity contribution in [1.29, 1.82) is 0 Å². The van der Waals surface area contributed by atoms with Gasteiger partial charge in [0.2, 0.25) is 0 Å². The van der Waals surface area contributed by atoms with Gasteiger partial charge in [-0.25, -0.2) is 9.66 Å². The molecule has 114 valence electrons. The Morgan fingerprint density at radius 2 is 1.70 bits per heavy atom. The van der Waals surface area contributed by atoms with Crippen LogP contribution in [0.5, 0.6) is 0 Å². The minimum Gasteiger partial charge on any atom is -0.267 e. The van der Waals surface area contributed by atoms with Crippen LogP contribution in [-0.2, 0) is 0 Å². The minimum absolute atomic E-state index is 0.0440. The number of aromatic nitrogens is 3. The van der Waals surface area contributed by atoms with Crippen LogP contribution < -0.4 is 5.56 Å². The van der Waals surface area contributed by atoms with E-state index < -0.39 is 0 Å². The van der Waals surface area contributed by atoms with Crippen molar-refractivity contribution in [2.45, 2.75) is 13.8 Å². The molecule has 0 aliphatic rings. The number of fused-ring (bicyclic) bond motifs is 1. The first-order valence-electron chi connectivity index (χ1n) is 7.36. The molecule has 23 heavy (non-hydrogen) atoms. The largest absolute Gasteiger partial charge is 0.282 e. The van der Waals surface area contributed by atoms with E-state index >= 15 is 0 Å². The van der Waals surface area contributed by atoms with Gasteiger partial charge in [0.1, 0.15) is 11.2 Å². The van der Waals surface area contributed by atoms with E-state index in [0.717, 1.165) is 27.3 Å². The van der Waals surface area contributed by atoms with E-state index in [4.69, 9.17) is 0 Å². The van der Waals surface area contributed by atoms with E-state index in [0.29, 0.717) is 5.39 Å². The molecule has 0 aliphatic carbocycles. The van der Waals surface area contributed by atoms with Crippen LogP contribution in [-0.4, -0.2) is 14.3 Å². The topological polar surface area (TPSA) is 39.8 Å². The molecule has 0 spiro atoms. The number of hydrogen-bond acceptors (Lipinski definition) is 3. The first-order valence-corrected chi connectivity index (χ1v) is 8.24. The Labute approximate surface area is 137 Å². The second-order valence-corrected chi connectivity index (χ2v) is 6.38. The Kier molecular flexibility index (Phi) is 3.16. The number of thiophene rings is 1. The first kappa shape index (κ1) is 14.0. The number of nitrogens with zero attached hydrogens (tertiary/aromatic N) is 3. The Morgan fingerprint density at radius 1 is 1.00 bits per heavy atom. The zero-order valence-electron chi connectivity index (χ0n) is 12.9. The monoisotopic (exact) mass is 321 g/mol. The molecule has 3 heterocycles. The van der Waals surface area contributed by atoms with Crippen molar-refractivity contribution in [1.82, 2.24) is 14.3 Å². The van der Waals surface area contributed by atoms with Gasteiger partial charge < -0.3 is 0 Å². The normalized spacial score (nSPS) is 11.2. The molecule has 4 rings (SSSR count). The van der Waals surface area contributed by atoms with Gasteiger partial charge >= 0.3 is 0 Å². The van der Waals surface area contributed by atoms with E-state index in [1.165, 1.54) is 11.3 Å². The molecule has 0 fully saturated rings. The molecule has 0 saturated carbocycles. The molecule has 0 unspecified atom stereocenters. The van der Waals surface area contributed by atoms with Crippen LogP contribution in [0.3, 0.4) is 0 Å². The van der Waals surface area contributed by atoms with Crippen LogP contribution >= 0.6 is 11.3 Å². The molecule has 0 radical (unpaired) electrons. The van der Waals surface area contributed by atoms with Crippen LogP contribution in [0.1, 0.15) is 11.4 Å². The van der Waals surface area contributed by atoms with E-state index in [1.54, 1.807) is 11.0 Å². The highest BCUT2D eigenvalue weighted by Gasteiger charge is 2.15. The summed E-state index contributed by atoms with van der Waals surface area (Å²) in [6.45, 7) is 3.96. The van der Waals surface area contributed by atoms with Crippen LogP contribution in [0.4, 0.5) is 0 Å². The fourth-order valence-corrected chi connectivity index (χ4v) is 3.80.